The summed E-state index contributed by atoms with van der Waals surface area (Å²) in [5.41, 5.74) is 0.767. The predicted molar refractivity (Wildman–Crippen MR) is 110 cm³/mol. The number of rotatable bonds is 5. The highest BCUT2D eigenvalue weighted by molar-refractivity contribution is 7.89. The summed E-state index contributed by atoms with van der Waals surface area (Å²) in [6.45, 7) is 6.90. The van der Waals surface area contributed by atoms with Gasteiger partial charge in [0.1, 0.15) is 10.7 Å². The molecule has 0 saturated carbocycles. The third-order valence-electron chi connectivity index (χ3n) is 5.84. The van der Waals surface area contributed by atoms with Crippen molar-refractivity contribution in [3.63, 3.8) is 0 Å². The first-order valence-electron chi connectivity index (χ1n) is 9.90. The minimum Gasteiger partial charge on any atom is -0.324 e. The van der Waals surface area contributed by atoms with E-state index in [0.29, 0.717) is 11.4 Å². The van der Waals surface area contributed by atoms with Crippen molar-refractivity contribution in [2.24, 2.45) is 11.8 Å². The van der Waals surface area contributed by atoms with Crippen LogP contribution in [0.5, 0.6) is 0 Å². The third-order valence-corrected chi connectivity index (χ3v) is 7.72. The van der Waals surface area contributed by atoms with Crippen LogP contribution >= 0.6 is 11.3 Å². The molecule has 0 unspecified atom stereocenters. The van der Waals surface area contributed by atoms with Crippen molar-refractivity contribution >= 4 is 33.2 Å². The van der Waals surface area contributed by atoms with Crippen molar-refractivity contribution < 1.29 is 18.0 Å². The van der Waals surface area contributed by atoms with Crippen LogP contribution in [0, 0.1) is 11.8 Å². The first-order chi connectivity index (χ1) is 13.7. The SMILES string of the molecule is CC(C)[C@@H]1C(=O)N(S(C)(=O)=O)C2=CCN(C(=O)c3csc(CN4CCCC4)n3)[C@H]21. The average Bonchev–Trinajstić information content (AvgIpc) is 3.37. The largest absolute Gasteiger partial charge is 0.324 e. The summed E-state index contributed by atoms with van der Waals surface area (Å²) in [6, 6.07) is -0.562. The highest BCUT2D eigenvalue weighted by atomic mass is 32.2. The Morgan fingerprint density at radius 3 is 2.62 bits per heavy atom. The quantitative estimate of drug-likeness (QED) is 0.692. The number of hydrogen-bond donors (Lipinski definition) is 0. The molecule has 2 atom stereocenters. The Labute approximate surface area is 175 Å². The van der Waals surface area contributed by atoms with Crippen LogP contribution in [0.1, 0.15) is 42.2 Å². The molecule has 4 heterocycles. The van der Waals surface area contributed by atoms with Crippen molar-refractivity contribution in [1.82, 2.24) is 19.1 Å². The van der Waals surface area contributed by atoms with Gasteiger partial charge < -0.3 is 4.90 Å². The molecule has 1 aromatic rings. The maximum Gasteiger partial charge on any atom is 0.274 e. The topological polar surface area (TPSA) is 90.9 Å². The molecule has 8 nitrogen and oxygen atoms in total. The lowest BCUT2D eigenvalue weighted by atomic mass is 9.89. The highest BCUT2D eigenvalue weighted by Gasteiger charge is 2.54. The van der Waals surface area contributed by atoms with Crippen LogP contribution < -0.4 is 0 Å². The smallest absolute Gasteiger partial charge is 0.274 e. The van der Waals surface area contributed by atoms with Crippen LogP contribution in [-0.2, 0) is 21.4 Å². The van der Waals surface area contributed by atoms with Gasteiger partial charge in [0.05, 0.1) is 30.5 Å². The molecule has 29 heavy (non-hydrogen) atoms. The number of fused-ring (bicyclic) bond motifs is 1. The highest BCUT2D eigenvalue weighted by Crippen LogP contribution is 2.41. The van der Waals surface area contributed by atoms with Crippen LogP contribution in [0.3, 0.4) is 0 Å². The maximum atomic E-state index is 13.2. The molecule has 3 aliphatic rings. The van der Waals surface area contributed by atoms with Crippen LogP contribution in [0.15, 0.2) is 17.2 Å². The fraction of sp³-hybridized carbons (Fsp3) is 0.632. The number of carbonyl (C=O) groups is 2. The molecule has 2 fully saturated rings. The predicted octanol–water partition coefficient (Wildman–Crippen LogP) is 1.52. The first kappa shape index (κ1) is 20.5. The summed E-state index contributed by atoms with van der Waals surface area (Å²) in [5.74, 6) is -1.38. The van der Waals surface area contributed by atoms with E-state index in [4.69, 9.17) is 0 Å². The lowest BCUT2D eigenvalue weighted by molar-refractivity contribution is -0.128. The molecule has 10 heteroatoms. The molecule has 0 spiro atoms. The summed E-state index contributed by atoms with van der Waals surface area (Å²) in [6.07, 6.45) is 5.10. The summed E-state index contributed by atoms with van der Waals surface area (Å²) >= 11 is 1.47. The molecule has 0 radical (unpaired) electrons. The summed E-state index contributed by atoms with van der Waals surface area (Å²) in [7, 11) is -3.74. The van der Waals surface area contributed by atoms with E-state index in [1.165, 1.54) is 24.2 Å². The fourth-order valence-corrected chi connectivity index (χ4v) is 6.36. The zero-order chi connectivity index (χ0) is 20.9. The molecule has 0 aromatic carbocycles. The van der Waals surface area contributed by atoms with E-state index < -0.39 is 27.9 Å². The number of hydrogen-bond acceptors (Lipinski definition) is 7. The molecule has 3 aliphatic heterocycles. The van der Waals surface area contributed by atoms with E-state index in [-0.39, 0.29) is 18.4 Å². The van der Waals surface area contributed by atoms with Gasteiger partial charge in [0.25, 0.3) is 5.91 Å². The van der Waals surface area contributed by atoms with Crippen molar-refractivity contribution in [2.75, 3.05) is 25.9 Å². The van der Waals surface area contributed by atoms with Crippen molar-refractivity contribution in [3.8, 4) is 0 Å². The minimum absolute atomic E-state index is 0.0998. The Kier molecular flexibility index (Phi) is 5.28. The first-order valence-corrected chi connectivity index (χ1v) is 12.6. The van der Waals surface area contributed by atoms with Crippen molar-refractivity contribution in [3.05, 3.63) is 27.9 Å². The van der Waals surface area contributed by atoms with E-state index >= 15 is 0 Å². The molecule has 4 rings (SSSR count). The van der Waals surface area contributed by atoms with Crippen LogP contribution in [0.4, 0.5) is 0 Å². The number of aromatic nitrogens is 1. The van der Waals surface area contributed by atoms with Crippen molar-refractivity contribution in [1.29, 1.82) is 0 Å². The van der Waals surface area contributed by atoms with E-state index in [1.807, 2.05) is 13.8 Å². The standard InChI is InChI=1S/C19H26N4O4S2/c1-12(2)16-17-14(23(19(16)25)29(3,26)27)6-9-22(17)18(24)13-11-28-15(20-13)10-21-7-4-5-8-21/h6,11-12,16-17H,4-5,7-10H2,1-3H3/t16-,17+/m0/s1. The molecule has 0 N–H and O–H groups in total. The third kappa shape index (κ3) is 3.62. The van der Waals surface area contributed by atoms with Crippen molar-refractivity contribution in [2.45, 2.75) is 39.3 Å². The van der Waals surface area contributed by atoms with Gasteiger partial charge in [-0.05, 0) is 37.9 Å². The molecule has 1 aromatic heterocycles. The Morgan fingerprint density at radius 1 is 1.31 bits per heavy atom. The molecular formula is C19H26N4O4S2. The van der Waals surface area contributed by atoms with Gasteiger partial charge in [0, 0.05) is 11.9 Å². The second-order valence-corrected chi connectivity index (χ2v) is 11.1. The lowest BCUT2D eigenvalue weighted by Crippen LogP contribution is -2.43. The number of sulfonamides is 1. The Bertz CT molecular complexity index is 963. The van der Waals surface area contributed by atoms with Gasteiger partial charge in [-0.15, -0.1) is 11.3 Å². The summed E-state index contributed by atoms with van der Waals surface area (Å²) < 4.78 is 25.3. The minimum atomic E-state index is -3.74. The van der Waals surface area contributed by atoms with Gasteiger partial charge in [0.15, 0.2) is 0 Å². The molecule has 0 aliphatic carbocycles. The van der Waals surface area contributed by atoms with Gasteiger partial charge in [-0.25, -0.2) is 17.7 Å². The normalized spacial score (nSPS) is 25.2. The van der Waals surface area contributed by atoms with Gasteiger partial charge >= 0.3 is 0 Å². The van der Waals surface area contributed by atoms with Gasteiger partial charge in [0.2, 0.25) is 15.9 Å². The second-order valence-electron chi connectivity index (χ2n) is 8.28. The molecule has 158 valence electrons. The number of nitrogens with zero attached hydrogens (tertiary/aromatic N) is 4. The average molecular weight is 439 g/mol. The Hall–Kier alpha value is -1.78. The monoisotopic (exact) mass is 438 g/mol. The zero-order valence-corrected chi connectivity index (χ0v) is 18.5. The number of amides is 2. The van der Waals surface area contributed by atoms with Gasteiger partial charge in [-0.2, -0.15) is 0 Å². The zero-order valence-electron chi connectivity index (χ0n) is 16.9. The maximum absolute atomic E-state index is 13.2. The van der Waals surface area contributed by atoms with E-state index in [0.717, 1.165) is 35.2 Å². The molecule has 2 amide bonds. The Balaban J connectivity index is 1.57. The van der Waals surface area contributed by atoms with Gasteiger partial charge in [-0.3, -0.25) is 14.5 Å². The summed E-state index contributed by atoms with van der Waals surface area (Å²) in [5, 5.41) is 2.67. The Morgan fingerprint density at radius 2 is 2.00 bits per heavy atom. The van der Waals surface area contributed by atoms with Crippen LogP contribution in [-0.4, -0.2) is 71.3 Å². The van der Waals surface area contributed by atoms with E-state index in [1.54, 1.807) is 16.4 Å². The van der Waals surface area contributed by atoms with Gasteiger partial charge in [-0.1, -0.05) is 13.8 Å². The number of thiazole rings is 1. The molecular weight excluding hydrogens is 412 g/mol. The molecule has 2 saturated heterocycles. The van der Waals surface area contributed by atoms with Crippen LogP contribution in [0.2, 0.25) is 0 Å². The number of carbonyl (C=O) groups excluding carboxylic acids is 2. The summed E-state index contributed by atoms with van der Waals surface area (Å²) in [4.78, 5) is 34.5. The second kappa shape index (κ2) is 7.48. The lowest BCUT2D eigenvalue weighted by Gasteiger charge is -2.28. The van der Waals surface area contributed by atoms with E-state index in [2.05, 4.69) is 9.88 Å². The fourth-order valence-electron chi connectivity index (χ4n) is 4.54. The molecule has 0 bridgehead atoms. The van der Waals surface area contributed by atoms with Crippen LogP contribution in [0.25, 0.3) is 0 Å². The van der Waals surface area contributed by atoms with E-state index in [9.17, 15) is 18.0 Å². The number of likely N-dealkylation sites (tertiary alicyclic amines) is 1.